The number of hydrogen-bond acceptors (Lipinski definition) is 4. The molecule has 4 nitrogen and oxygen atoms in total. The van der Waals surface area contributed by atoms with E-state index in [4.69, 9.17) is 5.21 Å². The lowest BCUT2D eigenvalue weighted by Gasteiger charge is -2.20. The molecule has 0 spiro atoms. The highest BCUT2D eigenvalue weighted by atomic mass is 32.2. The van der Waals surface area contributed by atoms with Gasteiger partial charge in [0.25, 0.3) is 0 Å². The van der Waals surface area contributed by atoms with Gasteiger partial charge in [-0.15, -0.1) is 0 Å². The van der Waals surface area contributed by atoms with Crippen molar-refractivity contribution >= 4 is 16.1 Å². The molecule has 0 amide bonds. The van der Waals surface area contributed by atoms with Gasteiger partial charge < -0.3 is 5.21 Å². The van der Waals surface area contributed by atoms with E-state index < -0.39 is 14.6 Å². The third-order valence-electron chi connectivity index (χ3n) is 2.21. The van der Waals surface area contributed by atoms with Crippen LogP contribution in [-0.2, 0) is 9.84 Å². The minimum absolute atomic E-state index is 0.181. The lowest BCUT2D eigenvalue weighted by atomic mass is 10.2. The first-order chi connectivity index (χ1) is 7.30. The van der Waals surface area contributed by atoms with Gasteiger partial charge in [-0.2, -0.15) is 0 Å². The number of oxime groups is 1. The monoisotopic (exact) mass is 241 g/mol. The molecule has 16 heavy (non-hydrogen) atoms. The van der Waals surface area contributed by atoms with Gasteiger partial charge in [0.1, 0.15) is 0 Å². The normalized spacial score (nSPS) is 13.2. The predicted octanol–water partition coefficient (Wildman–Crippen LogP) is 2.07. The Morgan fingerprint density at radius 1 is 1.25 bits per heavy atom. The highest BCUT2D eigenvalue weighted by molar-refractivity contribution is 7.92. The first-order valence-electron chi connectivity index (χ1n) is 4.82. The Labute approximate surface area is 95.5 Å². The molecule has 0 aliphatic carbocycles. The Kier molecular flexibility index (Phi) is 3.38. The van der Waals surface area contributed by atoms with E-state index in [9.17, 15) is 8.42 Å². The molecule has 5 heteroatoms. The number of benzene rings is 1. The standard InChI is InChI=1S/C11H15NO3S/c1-11(2,3)16(14,15)10-7-5-4-6-9(10)8-12-13/h4-8,13H,1-3H3/b12-8-. The van der Waals surface area contributed by atoms with Crippen LogP contribution in [0.25, 0.3) is 0 Å². The van der Waals surface area contributed by atoms with E-state index in [0.717, 1.165) is 6.21 Å². The zero-order valence-corrected chi connectivity index (χ0v) is 10.3. The van der Waals surface area contributed by atoms with E-state index in [0.29, 0.717) is 5.56 Å². The van der Waals surface area contributed by atoms with Crippen LogP contribution in [0.1, 0.15) is 26.3 Å². The summed E-state index contributed by atoms with van der Waals surface area (Å²) >= 11 is 0. The molecular weight excluding hydrogens is 226 g/mol. The van der Waals surface area contributed by atoms with Crippen LogP contribution in [-0.4, -0.2) is 24.6 Å². The van der Waals surface area contributed by atoms with Crippen LogP contribution in [0.5, 0.6) is 0 Å². The van der Waals surface area contributed by atoms with Crippen LogP contribution >= 0.6 is 0 Å². The molecule has 0 aliphatic rings. The fourth-order valence-electron chi connectivity index (χ4n) is 1.22. The Morgan fingerprint density at radius 3 is 2.31 bits per heavy atom. The molecule has 0 unspecified atom stereocenters. The van der Waals surface area contributed by atoms with Crippen LogP contribution in [0.2, 0.25) is 0 Å². The van der Waals surface area contributed by atoms with Gasteiger partial charge >= 0.3 is 0 Å². The van der Waals surface area contributed by atoms with E-state index in [-0.39, 0.29) is 4.90 Å². The second-order valence-corrected chi connectivity index (χ2v) is 7.07. The van der Waals surface area contributed by atoms with Gasteiger partial charge in [0.2, 0.25) is 0 Å². The first-order valence-corrected chi connectivity index (χ1v) is 6.30. The molecular formula is C11H15NO3S. The Balaban J connectivity index is 3.46. The van der Waals surface area contributed by atoms with Gasteiger partial charge in [-0.05, 0) is 26.8 Å². The second kappa shape index (κ2) is 4.25. The zero-order chi connectivity index (χ0) is 12.4. The third-order valence-corrected chi connectivity index (χ3v) is 4.77. The average Bonchev–Trinajstić information content (AvgIpc) is 2.17. The van der Waals surface area contributed by atoms with Crippen LogP contribution in [0.3, 0.4) is 0 Å². The van der Waals surface area contributed by atoms with Crippen LogP contribution in [0.15, 0.2) is 34.3 Å². The van der Waals surface area contributed by atoms with Gasteiger partial charge in [0.15, 0.2) is 9.84 Å². The minimum Gasteiger partial charge on any atom is -0.411 e. The molecule has 0 saturated carbocycles. The molecule has 0 radical (unpaired) electrons. The summed E-state index contributed by atoms with van der Waals surface area (Å²) < 4.78 is 23.5. The van der Waals surface area contributed by atoms with Crippen molar-refractivity contribution in [3.05, 3.63) is 29.8 Å². The fraction of sp³-hybridized carbons (Fsp3) is 0.364. The van der Waals surface area contributed by atoms with Gasteiger partial charge in [0, 0.05) is 5.56 Å². The second-order valence-electron chi connectivity index (χ2n) is 4.40. The molecule has 0 aliphatic heterocycles. The van der Waals surface area contributed by atoms with Gasteiger partial charge in [-0.3, -0.25) is 0 Å². The van der Waals surface area contributed by atoms with Crippen LogP contribution < -0.4 is 0 Å². The average molecular weight is 241 g/mol. The van der Waals surface area contributed by atoms with Crippen molar-refractivity contribution in [3.8, 4) is 0 Å². The van der Waals surface area contributed by atoms with Gasteiger partial charge in [0.05, 0.1) is 15.9 Å². The van der Waals surface area contributed by atoms with E-state index in [1.807, 2.05) is 0 Å². The van der Waals surface area contributed by atoms with Crippen LogP contribution in [0, 0.1) is 0 Å². The summed E-state index contributed by atoms with van der Waals surface area (Å²) in [6, 6.07) is 6.45. The van der Waals surface area contributed by atoms with Gasteiger partial charge in [-0.1, -0.05) is 23.4 Å². The van der Waals surface area contributed by atoms with E-state index in [1.165, 1.54) is 6.07 Å². The number of hydrogen-bond donors (Lipinski definition) is 1. The molecule has 1 aromatic carbocycles. The lowest BCUT2D eigenvalue weighted by molar-refractivity contribution is 0.321. The lowest BCUT2D eigenvalue weighted by Crippen LogP contribution is -2.28. The topological polar surface area (TPSA) is 66.7 Å². The number of rotatable bonds is 2. The maximum Gasteiger partial charge on any atom is 0.183 e. The van der Waals surface area contributed by atoms with E-state index >= 15 is 0 Å². The van der Waals surface area contributed by atoms with Crippen molar-refractivity contribution in [2.45, 2.75) is 30.4 Å². The van der Waals surface area contributed by atoms with Crippen molar-refractivity contribution in [1.82, 2.24) is 0 Å². The molecule has 0 heterocycles. The Morgan fingerprint density at radius 2 is 1.81 bits per heavy atom. The maximum absolute atomic E-state index is 12.2. The molecule has 1 N–H and O–H groups in total. The quantitative estimate of drug-likeness (QED) is 0.489. The van der Waals surface area contributed by atoms with Crippen molar-refractivity contribution in [2.75, 3.05) is 0 Å². The minimum atomic E-state index is -3.43. The van der Waals surface area contributed by atoms with E-state index in [2.05, 4.69) is 5.16 Å². The SMILES string of the molecule is CC(C)(C)S(=O)(=O)c1ccccc1/C=N\O. The van der Waals surface area contributed by atoms with Crippen molar-refractivity contribution in [1.29, 1.82) is 0 Å². The van der Waals surface area contributed by atoms with Crippen molar-refractivity contribution in [2.24, 2.45) is 5.16 Å². The molecule has 1 rings (SSSR count). The molecule has 88 valence electrons. The maximum atomic E-state index is 12.2. The summed E-state index contributed by atoms with van der Waals surface area (Å²) in [6.45, 7) is 4.90. The fourth-order valence-corrected chi connectivity index (χ4v) is 2.57. The predicted molar refractivity (Wildman–Crippen MR) is 62.8 cm³/mol. The molecule has 0 aromatic heterocycles. The highest BCUT2D eigenvalue weighted by Crippen LogP contribution is 2.26. The Bertz CT molecular complexity index is 498. The van der Waals surface area contributed by atoms with Crippen molar-refractivity contribution < 1.29 is 13.6 Å². The Hall–Kier alpha value is -1.36. The molecule has 1 aromatic rings. The summed E-state index contributed by atoms with van der Waals surface area (Å²) in [7, 11) is -3.43. The zero-order valence-electron chi connectivity index (χ0n) is 9.51. The summed E-state index contributed by atoms with van der Waals surface area (Å²) in [5, 5.41) is 11.4. The molecule has 0 bridgehead atoms. The summed E-state index contributed by atoms with van der Waals surface area (Å²) in [5.41, 5.74) is 0.389. The van der Waals surface area contributed by atoms with Crippen LogP contribution in [0.4, 0.5) is 0 Å². The summed E-state index contributed by atoms with van der Waals surface area (Å²) in [6.07, 6.45) is 1.12. The smallest absolute Gasteiger partial charge is 0.183 e. The first kappa shape index (κ1) is 12.7. The molecule has 0 atom stereocenters. The highest BCUT2D eigenvalue weighted by Gasteiger charge is 2.32. The summed E-state index contributed by atoms with van der Waals surface area (Å²) in [4.78, 5) is 0.181. The van der Waals surface area contributed by atoms with E-state index in [1.54, 1.807) is 39.0 Å². The number of nitrogens with zero attached hydrogens (tertiary/aromatic N) is 1. The number of sulfone groups is 1. The third kappa shape index (κ3) is 2.24. The largest absolute Gasteiger partial charge is 0.411 e. The van der Waals surface area contributed by atoms with Crippen molar-refractivity contribution in [3.63, 3.8) is 0 Å². The summed E-state index contributed by atoms with van der Waals surface area (Å²) in [5.74, 6) is 0. The molecule has 0 fully saturated rings. The molecule has 0 saturated heterocycles. The van der Waals surface area contributed by atoms with Gasteiger partial charge in [-0.25, -0.2) is 8.42 Å².